The quantitative estimate of drug-likeness (QED) is 0.796. The van der Waals surface area contributed by atoms with E-state index in [2.05, 4.69) is 10.5 Å². The van der Waals surface area contributed by atoms with Crippen LogP contribution in [0.1, 0.15) is 0 Å². The van der Waals surface area contributed by atoms with Crippen LogP contribution in [0, 0.1) is 5.51 Å². The molecule has 0 bridgehead atoms. The van der Waals surface area contributed by atoms with Crippen LogP contribution in [-0.4, -0.2) is 4.98 Å². The predicted octanol–water partition coefficient (Wildman–Crippen LogP) is 4.04. The third kappa shape index (κ3) is 2.18. The maximum absolute atomic E-state index is 5.90. The lowest BCUT2D eigenvalue weighted by Gasteiger charge is -2.04. The van der Waals surface area contributed by atoms with Crippen LogP contribution in [0.25, 0.3) is 0 Å². The second-order valence-electron chi connectivity index (χ2n) is 2.45. The third-order valence-corrected chi connectivity index (χ3v) is 2.61. The number of halogens is 2. The molecule has 0 saturated heterocycles. The summed E-state index contributed by atoms with van der Waals surface area (Å²) in [5.41, 5.74) is 2.67. The van der Waals surface area contributed by atoms with Gasteiger partial charge in [-0.3, -0.25) is 0 Å². The molecule has 14 heavy (non-hydrogen) atoms. The first-order valence-electron chi connectivity index (χ1n) is 3.70. The number of rotatable bonds is 2. The lowest BCUT2D eigenvalue weighted by molar-refractivity contribution is 0.495. The molecule has 0 spiro atoms. The SMILES string of the molecule is Clc1ccc(Cl)c(Oc2cn[c]s2)c1. The minimum Gasteiger partial charge on any atom is -0.443 e. The highest BCUT2D eigenvalue weighted by molar-refractivity contribution is 7.11. The monoisotopic (exact) mass is 244 g/mol. The van der Waals surface area contributed by atoms with Gasteiger partial charge in [-0.1, -0.05) is 34.5 Å². The number of aromatic nitrogens is 1. The Labute approximate surface area is 95.1 Å². The lowest BCUT2D eigenvalue weighted by atomic mass is 10.3. The molecule has 2 rings (SSSR count). The van der Waals surface area contributed by atoms with Crippen LogP contribution in [0.5, 0.6) is 10.8 Å². The Morgan fingerprint density at radius 2 is 2.21 bits per heavy atom. The summed E-state index contributed by atoms with van der Waals surface area (Å²) in [6.07, 6.45) is 1.57. The van der Waals surface area contributed by atoms with E-state index in [9.17, 15) is 0 Å². The molecule has 0 amide bonds. The van der Waals surface area contributed by atoms with Crippen LogP contribution < -0.4 is 4.74 Å². The van der Waals surface area contributed by atoms with Gasteiger partial charge in [0.2, 0.25) is 5.06 Å². The first-order chi connectivity index (χ1) is 6.75. The van der Waals surface area contributed by atoms with Crippen molar-refractivity contribution in [3.63, 3.8) is 0 Å². The summed E-state index contributed by atoms with van der Waals surface area (Å²) >= 11 is 13.0. The van der Waals surface area contributed by atoms with Crippen molar-refractivity contribution < 1.29 is 4.74 Å². The summed E-state index contributed by atoms with van der Waals surface area (Å²) in [5, 5.41) is 1.73. The van der Waals surface area contributed by atoms with Crippen LogP contribution in [0.4, 0.5) is 0 Å². The number of nitrogens with zero attached hydrogens (tertiary/aromatic N) is 1. The number of ether oxygens (including phenoxy) is 1. The Bertz CT molecular complexity index is 430. The Kier molecular flexibility index (Phi) is 2.91. The van der Waals surface area contributed by atoms with E-state index < -0.39 is 0 Å². The minimum atomic E-state index is 0.516. The molecule has 0 atom stereocenters. The van der Waals surface area contributed by atoms with E-state index in [1.807, 2.05) is 0 Å². The molecular weight excluding hydrogens is 241 g/mol. The fourth-order valence-corrected chi connectivity index (χ4v) is 1.64. The van der Waals surface area contributed by atoms with Crippen LogP contribution in [0.15, 0.2) is 24.4 Å². The van der Waals surface area contributed by atoms with E-state index in [1.54, 1.807) is 24.4 Å². The van der Waals surface area contributed by atoms with Crippen molar-refractivity contribution in [3.8, 4) is 10.8 Å². The van der Waals surface area contributed by atoms with Gasteiger partial charge in [-0.15, -0.1) is 0 Å². The van der Waals surface area contributed by atoms with Crippen molar-refractivity contribution in [2.75, 3.05) is 0 Å². The first kappa shape index (κ1) is 9.77. The summed E-state index contributed by atoms with van der Waals surface area (Å²) in [4.78, 5) is 3.76. The molecular formula is C9H4Cl2NOS. The Morgan fingerprint density at radius 1 is 1.36 bits per heavy atom. The van der Waals surface area contributed by atoms with Crippen molar-refractivity contribution in [2.45, 2.75) is 0 Å². The van der Waals surface area contributed by atoms with Gasteiger partial charge in [0.25, 0.3) is 0 Å². The normalized spacial score (nSPS) is 10.1. The van der Waals surface area contributed by atoms with Gasteiger partial charge < -0.3 is 4.74 Å². The molecule has 71 valence electrons. The summed E-state index contributed by atoms with van der Waals surface area (Å²) < 4.78 is 5.44. The van der Waals surface area contributed by atoms with E-state index >= 15 is 0 Å². The number of benzene rings is 1. The highest BCUT2D eigenvalue weighted by Gasteiger charge is 2.04. The molecule has 0 aliphatic carbocycles. The largest absolute Gasteiger partial charge is 0.443 e. The molecule has 1 heterocycles. The molecule has 0 aliphatic heterocycles. The molecule has 0 fully saturated rings. The van der Waals surface area contributed by atoms with E-state index in [-0.39, 0.29) is 0 Å². The lowest BCUT2D eigenvalue weighted by Crippen LogP contribution is -1.81. The molecule has 2 aromatic rings. The van der Waals surface area contributed by atoms with E-state index in [0.717, 1.165) is 0 Å². The van der Waals surface area contributed by atoms with Crippen molar-refractivity contribution >= 4 is 34.5 Å². The highest BCUT2D eigenvalue weighted by Crippen LogP contribution is 2.32. The van der Waals surface area contributed by atoms with Gasteiger partial charge in [0.05, 0.1) is 11.2 Å². The topological polar surface area (TPSA) is 22.1 Å². The second kappa shape index (κ2) is 4.17. The van der Waals surface area contributed by atoms with Crippen molar-refractivity contribution in [2.24, 2.45) is 0 Å². The van der Waals surface area contributed by atoms with Crippen molar-refractivity contribution in [3.05, 3.63) is 40.0 Å². The van der Waals surface area contributed by atoms with Crippen LogP contribution in [0.3, 0.4) is 0 Å². The first-order valence-corrected chi connectivity index (χ1v) is 5.28. The summed E-state index contributed by atoms with van der Waals surface area (Å²) in [6, 6.07) is 5.04. The smallest absolute Gasteiger partial charge is 0.201 e. The standard InChI is InChI=1S/C9H4Cl2NOS/c10-6-1-2-7(11)8(3-6)13-9-4-12-5-14-9/h1-4H. The van der Waals surface area contributed by atoms with Gasteiger partial charge in [0.1, 0.15) is 5.75 Å². The maximum Gasteiger partial charge on any atom is 0.201 e. The summed E-state index contributed by atoms with van der Waals surface area (Å²) in [7, 11) is 0. The second-order valence-corrected chi connectivity index (χ2v) is 4.08. The maximum atomic E-state index is 5.90. The van der Waals surface area contributed by atoms with Crippen molar-refractivity contribution in [1.82, 2.24) is 4.98 Å². The molecule has 1 aromatic heterocycles. The van der Waals surface area contributed by atoms with Crippen LogP contribution in [-0.2, 0) is 0 Å². The van der Waals surface area contributed by atoms with E-state index in [1.165, 1.54) is 11.3 Å². The summed E-state index contributed by atoms with van der Waals surface area (Å²) in [6.45, 7) is 0. The Hall–Kier alpha value is -0.770. The fraction of sp³-hybridized carbons (Fsp3) is 0. The molecule has 2 nitrogen and oxygen atoms in total. The zero-order valence-corrected chi connectivity index (χ0v) is 9.16. The molecule has 0 unspecified atom stereocenters. The van der Waals surface area contributed by atoms with Crippen LogP contribution in [0.2, 0.25) is 10.0 Å². The van der Waals surface area contributed by atoms with Gasteiger partial charge in [-0.25, -0.2) is 4.98 Å². The zero-order valence-electron chi connectivity index (χ0n) is 6.83. The number of hydrogen-bond acceptors (Lipinski definition) is 3. The molecule has 5 heteroatoms. The van der Waals surface area contributed by atoms with Gasteiger partial charge in [-0.2, -0.15) is 0 Å². The predicted molar refractivity (Wildman–Crippen MR) is 57.5 cm³/mol. The molecule has 0 aliphatic rings. The number of thiazole rings is 1. The molecule has 1 radical (unpaired) electrons. The highest BCUT2D eigenvalue weighted by atomic mass is 35.5. The van der Waals surface area contributed by atoms with Gasteiger partial charge in [0.15, 0.2) is 5.51 Å². The van der Waals surface area contributed by atoms with Crippen LogP contribution >= 0.6 is 34.5 Å². The molecule has 1 aromatic carbocycles. The van der Waals surface area contributed by atoms with E-state index in [0.29, 0.717) is 20.9 Å². The minimum absolute atomic E-state index is 0.516. The Balaban J connectivity index is 2.28. The summed E-state index contributed by atoms with van der Waals surface area (Å²) in [5.74, 6) is 0.525. The van der Waals surface area contributed by atoms with Crippen molar-refractivity contribution in [1.29, 1.82) is 0 Å². The van der Waals surface area contributed by atoms with Gasteiger partial charge >= 0.3 is 0 Å². The van der Waals surface area contributed by atoms with Gasteiger partial charge in [-0.05, 0) is 12.1 Å². The molecule has 0 saturated carbocycles. The Morgan fingerprint density at radius 3 is 2.93 bits per heavy atom. The average Bonchev–Trinajstić information content (AvgIpc) is 2.64. The third-order valence-electron chi connectivity index (χ3n) is 1.47. The fourth-order valence-electron chi connectivity index (χ4n) is 0.888. The number of hydrogen-bond donors (Lipinski definition) is 0. The zero-order chi connectivity index (χ0) is 9.97. The van der Waals surface area contributed by atoms with E-state index in [4.69, 9.17) is 27.9 Å². The molecule has 0 N–H and O–H groups in total. The average molecular weight is 245 g/mol. The van der Waals surface area contributed by atoms with Gasteiger partial charge in [0, 0.05) is 11.1 Å².